The van der Waals surface area contributed by atoms with Gasteiger partial charge in [0.2, 0.25) is 0 Å². The van der Waals surface area contributed by atoms with E-state index in [9.17, 15) is 0 Å². The molecule has 23 heavy (non-hydrogen) atoms. The van der Waals surface area contributed by atoms with E-state index >= 15 is 0 Å². The fourth-order valence-corrected chi connectivity index (χ4v) is 4.99. The van der Waals surface area contributed by atoms with Crippen molar-refractivity contribution in [3.63, 3.8) is 0 Å². The monoisotopic (exact) mass is 310 g/mol. The van der Waals surface area contributed by atoms with E-state index in [0.717, 1.165) is 24.9 Å². The van der Waals surface area contributed by atoms with E-state index in [-0.39, 0.29) is 0 Å². The van der Waals surface area contributed by atoms with Crippen molar-refractivity contribution in [3.05, 3.63) is 47.9 Å². The highest BCUT2D eigenvalue weighted by Gasteiger charge is 2.32. The number of likely N-dealkylation sites (tertiary alicyclic amines) is 1. The number of allylic oxidation sites excluding steroid dienone is 6. The van der Waals surface area contributed by atoms with Crippen LogP contribution in [0.15, 0.2) is 47.9 Å². The van der Waals surface area contributed by atoms with Gasteiger partial charge in [0.25, 0.3) is 0 Å². The van der Waals surface area contributed by atoms with Gasteiger partial charge in [0.15, 0.2) is 0 Å². The fraction of sp³-hybridized carbons (Fsp3) is 0.619. The Morgan fingerprint density at radius 3 is 2.87 bits per heavy atom. The lowest BCUT2D eigenvalue weighted by Gasteiger charge is -2.44. The first-order valence-corrected chi connectivity index (χ1v) is 9.67. The molecule has 2 aliphatic heterocycles. The van der Waals surface area contributed by atoms with Crippen LogP contribution in [0.5, 0.6) is 0 Å². The molecular weight excluding hydrogens is 280 g/mol. The van der Waals surface area contributed by atoms with Gasteiger partial charge in [-0.15, -0.1) is 0 Å². The van der Waals surface area contributed by atoms with Crippen molar-refractivity contribution < 1.29 is 0 Å². The first-order valence-electron chi connectivity index (χ1n) is 9.67. The molecule has 0 N–H and O–H groups in total. The minimum absolute atomic E-state index is 0.904. The van der Waals surface area contributed by atoms with Crippen LogP contribution in [0.25, 0.3) is 0 Å². The number of nitrogens with zero attached hydrogens (tertiary/aromatic N) is 2. The van der Waals surface area contributed by atoms with Gasteiger partial charge in [0, 0.05) is 31.0 Å². The minimum Gasteiger partial charge on any atom is -0.348 e. The van der Waals surface area contributed by atoms with Crippen molar-refractivity contribution in [2.24, 2.45) is 5.92 Å². The van der Waals surface area contributed by atoms with Crippen LogP contribution in [0, 0.1) is 5.92 Å². The van der Waals surface area contributed by atoms with E-state index < -0.39 is 0 Å². The maximum atomic E-state index is 2.83. The van der Waals surface area contributed by atoms with Crippen molar-refractivity contribution in [3.8, 4) is 0 Å². The Bertz CT molecular complexity index is 538. The van der Waals surface area contributed by atoms with Crippen LogP contribution in [0.3, 0.4) is 0 Å². The third-order valence-electron chi connectivity index (χ3n) is 6.13. The first kappa shape index (κ1) is 15.3. The molecule has 2 fully saturated rings. The van der Waals surface area contributed by atoms with E-state index in [1.807, 2.05) is 0 Å². The molecular formula is C21H30N2. The maximum absolute atomic E-state index is 2.83. The fourth-order valence-electron chi connectivity index (χ4n) is 4.99. The second-order valence-corrected chi connectivity index (χ2v) is 7.55. The molecule has 2 heteroatoms. The summed E-state index contributed by atoms with van der Waals surface area (Å²) in [5, 5.41) is 0. The highest BCUT2D eigenvalue weighted by molar-refractivity contribution is 5.43. The molecule has 2 heterocycles. The van der Waals surface area contributed by atoms with Crippen LogP contribution >= 0.6 is 0 Å². The molecule has 1 saturated heterocycles. The highest BCUT2D eigenvalue weighted by Crippen LogP contribution is 2.35. The molecule has 1 saturated carbocycles. The molecule has 2 atom stereocenters. The van der Waals surface area contributed by atoms with Crippen LogP contribution < -0.4 is 0 Å². The molecule has 2 nitrogen and oxygen atoms in total. The number of hydrogen-bond acceptors (Lipinski definition) is 2. The van der Waals surface area contributed by atoms with E-state index in [0.29, 0.717) is 0 Å². The van der Waals surface area contributed by atoms with Crippen LogP contribution in [-0.2, 0) is 0 Å². The minimum atomic E-state index is 0.904. The third-order valence-corrected chi connectivity index (χ3v) is 6.13. The molecule has 0 spiro atoms. The largest absolute Gasteiger partial charge is 0.348 e. The molecule has 2 unspecified atom stereocenters. The lowest BCUT2D eigenvalue weighted by atomic mass is 9.78. The predicted octanol–water partition coefficient (Wildman–Crippen LogP) is 4.63. The van der Waals surface area contributed by atoms with Crippen molar-refractivity contribution >= 4 is 0 Å². The van der Waals surface area contributed by atoms with Crippen LogP contribution in [0.4, 0.5) is 0 Å². The van der Waals surface area contributed by atoms with Crippen molar-refractivity contribution in [1.29, 1.82) is 0 Å². The van der Waals surface area contributed by atoms with Gasteiger partial charge in [0.1, 0.15) is 0 Å². The van der Waals surface area contributed by atoms with E-state index in [4.69, 9.17) is 0 Å². The second-order valence-electron chi connectivity index (χ2n) is 7.55. The van der Waals surface area contributed by atoms with Gasteiger partial charge >= 0.3 is 0 Å². The Kier molecular flexibility index (Phi) is 4.70. The average Bonchev–Trinajstić information content (AvgIpc) is 2.62. The van der Waals surface area contributed by atoms with Gasteiger partial charge in [-0.05, 0) is 68.7 Å². The molecule has 0 amide bonds. The molecule has 0 aromatic carbocycles. The molecule has 4 rings (SSSR count). The number of fused-ring (bicyclic) bond motifs is 2. The Morgan fingerprint density at radius 1 is 0.957 bits per heavy atom. The van der Waals surface area contributed by atoms with Gasteiger partial charge in [-0.1, -0.05) is 31.1 Å². The molecule has 124 valence electrons. The van der Waals surface area contributed by atoms with Gasteiger partial charge < -0.3 is 9.80 Å². The number of rotatable bonds is 4. The average molecular weight is 310 g/mol. The number of hydrogen-bond donors (Lipinski definition) is 0. The van der Waals surface area contributed by atoms with Gasteiger partial charge in [-0.25, -0.2) is 0 Å². The van der Waals surface area contributed by atoms with E-state index in [2.05, 4.69) is 46.4 Å². The maximum Gasteiger partial charge on any atom is 0.0441 e. The lowest BCUT2D eigenvalue weighted by molar-refractivity contribution is 0.0590. The van der Waals surface area contributed by atoms with Crippen molar-refractivity contribution in [1.82, 2.24) is 9.80 Å². The number of piperidine rings is 1. The molecule has 0 bridgehead atoms. The summed E-state index contributed by atoms with van der Waals surface area (Å²) in [5.41, 5.74) is 2.89. The molecule has 2 aliphatic carbocycles. The van der Waals surface area contributed by atoms with Crippen LogP contribution in [-0.4, -0.2) is 35.5 Å². The summed E-state index contributed by atoms with van der Waals surface area (Å²) >= 11 is 0. The van der Waals surface area contributed by atoms with Crippen molar-refractivity contribution in [2.75, 3.05) is 19.6 Å². The van der Waals surface area contributed by atoms with E-state index in [1.54, 1.807) is 0 Å². The SMILES string of the molecule is C1=CCC2=CC=CN(CCCN3CCCC4CCCCC43)C2=C1. The zero-order chi connectivity index (χ0) is 15.5. The topological polar surface area (TPSA) is 6.48 Å². The van der Waals surface area contributed by atoms with Gasteiger partial charge in [-0.3, -0.25) is 0 Å². The summed E-state index contributed by atoms with van der Waals surface area (Å²) < 4.78 is 0. The Hall–Kier alpha value is -1.28. The summed E-state index contributed by atoms with van der Waals surface area (Å²) in [6, 6.07) is 0.904. The Labute approximate surface area is 141 Å². The first-order chi connectivity index (χ1) is 11.4. The zero-order valence-electron chi connectivity index (χ0n) is 14.3. The summed E-state index contributed by atoms with van der Waals surface area (Å²) in [7, 11) is 0. The molecule has 0 aromatic heterocycles. The smallest absolute Gasteiger partial charge is 0.0441 e. The summed E-state index contributed by atoms with van der Waals surface area (Å²) in [6.07, 6.45) is 24.6. The molecule has 0 aromatic rings. The molecule has 0 radical (unpaired) electrons. The Morgan fingerprint density at radius 2 is 1.87 bits per heavy atom. The zero-order valence-corrected chi connectivity index (χ0v) is 14.3. The van der Waals surface area contributed by atoms with Crippen LogP contribution in [0.2, 0.25) is 0 Å². The normalized spacial score (nSPS) is 30.5. The van der Waals surface area contributed by atoms with Crippen LogP contribution in [0.1, 0.15) is 51.4 Å². The lowest BCUT2D eigenvalue weighted by Crippen LogP contribution is -2.47. The standard InChI is InChI=1S/C21H30N2/c1-3-12-20-18(8-1)10-5-14-22(20)16-7-17-23-15-6-11-19-9-2-4-13-21(19)23/h1,3,5,10,12,14,19,21H,2,4,6-9,11,13,15-17H2. The van der Waals surface area contributed by atoms with Gasteiger partial charge in [-0.2, -0.15) is 0 Å². The molecule has 4 aliphatic rings. The van der Waals surface area contributed by atoms with E-state index in [1.165, 1.54) is 69.3 Å². The summed E-state index contributed by atoms with van der Waals surface area (Å²) in [6.45, 7) is 3.78. The summed E-state index contributed by atoms with van der Waals surface area (Å²) in [4.78, 5) is 5.29. The summed E-state index contributed by atoms with van der Waals surface area (Å²) in [5.74, 6) is 1.01. The predicted molar refractivity (Wildman–Crippen MR) is 96.9 cm³/mol. The quantitative estimate of drug-likeness (QED) is 0.747. The Balaban J connectivity index is 1.31. The van der Waals surface area contributed by atoms with Crippen molar-refractivity contribution in [2.45, 2.75) is 57.4 Å². The third kappa shape index (κ3) is 3.33. The van der Waals surface area contributed by atoms with Gasteiger partial charge in [0.05, 0.1) is 0 Å². The highest BCUT2D eigenvalue weighted by atomic mass is 15.2. The second kappa shape index (κ2) is 7.09.